The van der Waals surface area contributed by atoms with E-state index in [-0.39, 0.29) is 5.91 Å². The Hall–Kier alpha value is -1.13. The number of benzene rings is 1. The van der Waals surface area contributed by atoms with E-state index in [2.05, 4.69) is 5.32 Å². The first-order valence-corrected chi connectivity index (χ1v) is 5.28. The Balaban J connectivity index is 2.11. The standard InChI is InChI=1S/C10H9ClN2OS/c11-8-3-1-7(2-4-8)6-13-9(14)5-12-10(13)15/h1-4H,5-6H2,(H,12,15). The molecule has 5 heteroatoms. The predicted octanol–water partition coefficient (Wildman–Crippen LogP) is 1.56. The molecule has 1 aromatic rings. The first-order chi connectivity index (χ1) is 7.16. The Bertz CT molecular complexity index is 388. The van der Waals surface area contributed by atoms with Crippen LogP contribution < -0.4 is 5.32 Å². The fourth-order valence-corrected chi connectivity index (χ4v) is 1.75. The molecule has 3 nitrogen and oxygen atoms in total. The van der Waals surface area contributed by atoms with Gasteiger partial charge >= 0.3 is 0 Å². The average Bonchev–Trinajstić information content (AvgIpc) is 2.53. The number of hydrogen-bond donors (Lipinski definition) is 1. The van der Waals surface area contributed by atoms with E-state index in [9.17, 15) is 4.79 Å². The van der Waals surface area contributed by atoms with E-state index in [0.29, 0.717) is 23.2 Å². The van der Waals surface area contributed by atoms with Gasteiger partial charge in [0.15, 0.2) is 5.11 Å². The second kappa shape index (κ2) is 4.16. The molecule has 15 heavy (non-hydrogen) atoms. The summed E-state index contributed by atoms with van der Waals surface area (Å²) in [4.78, 5) is 13.0. The Labute approximate surface area is 98.0 Å². The zero-order valence-corrected chi connectivity index (χ0v) is 9.44. The van der Waals surface area contributed by atoms with Gasteiger partial charge in [-0.15, -0.1) is 0 Å². The maximum absolute atomic E-state index is 11.4. The van der Waals surface area contributed by atoms with Gasteiger partial charge in [-0.2, -0.15) is 0 Å². The van der Waals surface area contributed by atoms with Gasteiger partial charge in [-0.25, -0.2) is 0 Å². The van der Waals surface area contributed by atoms with Crippen molar-refractivity contribution < 1.29 is 4.79 Å². The van der Waals surface area contributed by atoms with Crippen molar-refractivity contribution in [1.82, 2.24) is 10.2 Å². The number of rotatable bonds is 2. The predicted molar refractivity (Wildman–Crippen MR) is 62.6 cm³/mol. The van der Waals surface area contributed by atoms with Crippen LogP contribution in [0, 0.1) is 0 Å². The number of thiocarbonyl (C=S) groups is 1. The van der Waals surface area contributed by atoms with Gasteiger partial charge in [0.1, 0.15) is 0 Å². The van der Waals surface area contributed by atoms with E-state index in [0.717, 1.165) is 5.56 Å². The number of hydrogen-bond acceptors (Lipinski definition) is 2. The summed E-state index contributed by atoms with van der Waals surface area (Å²) in [6.45, 7) is 0.800. The summed E-state index contributed by atoms with van der Waals surface area (Å²) in [7, 11) is 0. The molecule has 0 bridgehead atoms. The summed E-state index contributed by atoms with van der Waals surface area (Å²) in [6, 6.07) is 7.37. The molecule has 1 fully saturated rings. The maximum atomic E-state index is 11.4. The van der Waals surface area contributed by atoms with Gasteiger partial charge in [0.2, 0.25) is 5.91 Å². The second-order valence-electron chi connectivity index (χ2n) is 3.27. The third kappa shape index (κ3) is 2.27. The van der Waals surface area contributed by atoms with Gasteiger partial charge in [-0.05, 0) is 29.9 Å². The van der Waals surface area contributed by atoms with Gasteiger partial charge in [-0.3, -0.25) is 9.69 Å². The minimum Gasteiger partial charge on any atom is -0.353 e. The molecule has 1 aliphatic rings. The Morgan fingerprint density at radius 3 is 2.60 bits per heavy atom. The van der Waals surface area contributed by atoms with E-state index in [4.69, 9.17) is 23.8 Å². The van der Waals surface area contributed by atoms with Crippen LogP contribution in [0.3, 0.4) is 0 Å². The van der Waals surface area contributed by atoms with Crippen molar-refractivity contribution in [2.45, 2.75) is 6.54 Å². The van der Waals surface area contributed by atoms with Crippen LogP contribution in [0.15, 0.2) is 24.3 Å². The number of carbonyl (C=O) groups excluding carboxylic acids is 1. The first-order valence-electron chi connectivity index (χ1n) is 4.49. The highest BCUT2D eigenvalue weighted by molar-refractivity contribution is 7.80. The van der Waals surface area contributed by atoms with Crippen molar-refractivity contribution in [2.75, 3.05) is 6.54 Å². The monoisotopic (exact) mass is 240 g/mol. The van der Waals surface area contributed by atoms with Crippen molar-refractivity contribution >= 4 is 34.8 Å². The van der Waals surface area contributed by atoms with E-state index in [1.807, 2.05) is 12.1 Å². The van der Waals surface area contributed by atoms with Gasteiger partial charge in [0.25, 0.3) is 0 Å². The summed E-state index contributed by atoms with van der Waals surface area (Å²) >= 11 is 10.8. The Morgan fingerprint density at radius 2 is 2.07 bits per heavy atom. The van der Waals surface area contributed by atoms with E-state index in [1.165, 1.54) is 0 Å². The summed E-state index contributed by atoms with van der Waals surface area (Å²) in [5.74, 6) is 0.00921. The highest BCUT2D eigenvalue weighted by Crippen LogP contribution is 2.12. The lowest BCUT2D eigenvalue weighted by Crippen LogP contribution is -2.29. The molecular formula is C10H9ClN2OS. The molecule has 2 rings (SSSR count). The van der Waals surface area contributed by atoms with Crippen LogP contribution >= 0.6 is 23.8 Å². The summed E-state index contributed by atoms with van der Waals surface area (Å²) in [5.41, 5.74) is 1.01. The topological polar surface area (TPSA) is 32.3 Å². The van der Waals surface area contributed by atoms with Gasteiger partial charge in [-0.1, -0.05) is 23.7 Å². The van der Waals surface area contributed by atoms with Crippen LogP contribution in [-0.2, 0) is 11.3 Å². The molecular weight excluding hydrogens is 232 g/mol. The molecule has 1 N–H and O–H groups in total. The van der Waals surface area contributed by atoms with E-state index < -0.39 is 0 Å². The van der Waals surface area contributed by atoms with Crippen LogP contribution in [0.1, 0.15) is 5.56 Å². The van der Waals surface area contributed by atoms with Crippen molar-refractivity contribution in [3.63, 3.8) is 0 Å². The Morgan fingerprint density at radius 1 is 1.40 bits per heavy atom. The molecule has 0 spiro atoms. The summed E-state index contributed by atoms with van der Waals surface area (Å²) in [5, 5.41) is 4.02. The number of halogens is 1. The number of nitrogens with zero attached hydrogens (tertiary/aromatic N) is 1. The molecule has 0 unspecified atom stereocenters. The minimum atomic E-state index is 0.00921. The molecule has 0 saturated carbocycles. The minimum absolute atomic E-state index is 0.00921. The summed E-state index contributed by atoms with van der Waals surface area (Å²) in [6.07, 6.45) is 0. The highest BCUT2D eigenvalue weighted by atomic mass is 35.5. The largest absolute Gasteiger partial charge is 0.353 e. The normalized spacial score (nSPS) is 15.7. The highest BCUT2D eigenvalue weighted by Gasteiger charge is 2.24. The fourth-order valence-electron chi connectivity index (χ4n) is 1.39. The number of nitrogens with one attached hydrogen (secondary N) is 1. The molecule has 0 aromatic heterocycles. The van der Waals surface area contributed by atoms with Crippen molar-refractivity contribution in [3.05, 3.63) is 34.9 Å². The lowest BCUT2D eigenvalue weighted by atomic mass is 10.2. The molecule has 1 aliphatic heterocycles. The molecule has 1 aromatic carbocycles. The van der Waals surface area contributed by atoms with Crippen LogP contribution in [0.5, 0.6) is 0 Å². The maximum Gasteiger partial charge on any atom is 0.248 e. The number of amides is 1. The van der Waals surface area contributed by atoms with Crippen molar-refractivity contribution in [1.29, 1.82) is 0 Å². The molecule has 0 atom stereocenters. The first kappa shape index (κ1) is 10.4. The lowest BCUT2D eigenvalue weighted by Gasteiger charge is -2.14. The van der Waals surface area contributed by atoms with E-state index >= 15 is 0 Å². The van der Waals surface area contributed by atoms with Crippen LogP contribution in [-0.4, -0.2) is 22.5 Å². The lowest BCUT2D eigenvalue weighted by molar-refractivity contribution is -0.124. The van der Waals surface area contributed by atoms with Crippen LogP contribution in [0.25, 0.3) is 0 Å². The van der Waals surface area contributed by atoms with Crippen molar-refractivity contribution in [3.8, 4) is 0 Å². The molecule has 0 aliphatic carbocycles. The van der Waals surface area contributed by atoms with Crippen LogP contribution in [0.4, 0.5) is 0 Å². The molecule has 1 amide bonds. The van der Waals surface area contributed by atoms with Crippen molar-refractivity contribution in [2.24, 2.45) is 0 Å². The third-order valence-corrected chi connectivity index (χ3v) is 2.81. The smallest absolute Gasteiger partial charge is 0.248 e. The van der Waals surface area contributed by atoms with Crippen LogP contribution in [0.2, 0.25) is 5.02 Å². The molecule has 1 saturated heterocycles. The van der Waals surface area contributed by atoms with Gasteiger partial charge in [0.05, 0.1) is 13.1 Å². The number of carbonyl (C=O) groups is 1. The average molecular weight is 241 g/mol. The van der Waals surface area contributed by atoms with Gasteiger partial charge < -0.3 is 5.32 Å². The second-order valence-corrected chi connectivity index (χ2v) is 4.09. The Kier molecular flexibility index (Phi) is 2.88. The zero-order chi connectivity index (χ0) is 10.8. The summed E-state index contributed by atoms with van der Waals surface area (Å²) < 4.78 is 0. The molecule has 78 valence electrons. The van der Waals surface area contributed by atoms with Gasteiger partial charge in [0, 0.05) is 5.02 Å². The fraction of sp³-hybridized carbons (Fsp3) is 0.200. The SMILES string of the molecule is O=C1CNC(=S)N1Cc1ccc(Cl)cc1. The zero-order valence-electron chi connectivity index (χ0n) is 7.87. The molecule has 1 heterocycles. The third-order valence-electron chi connectivity index (χ3n) is 2.19. The van der Waals surface area contributed by atoms with E-state index in [1.54, 1.807) is 17.0 Å². The molecule has 0 radical (unpaired) electrons. The quantitative estimate of drug-likeness (QED) is 0.797.